The van der Waals surface area contributed by atoms with Crippen molar-refractivity contribution in [1.82, 2.24) is 5.32 Å². The molecule has 1 saturated carbocycles. The van der Waals surface area contributed by atoms with Gasteiger partial charge < -0.3 is 16.2 Å². The number of aliphatic hydroxyl groups is 1. The first kappa shape index (κ1) is 12.8. The van der Waals surface area contributed by atoms with Crippen LogP contribution in [0.5, 0.6) is 0 Å². The molecule has 1 atom stereocenters. The van der Waals surface area contributed by atoms with Crippen molar-refractivity contribution in [2.75, 3.05) is 18.6 Å². The second kappa shape index (κ2) is 6.35. The van der Waals surface area contributed by atoms with E-state index in [9.17, 15) is 4.79 Å². The minimum Gasteiger partial charge on any atom is -0.393 e. The van der Waals surface area contributed by atoms with Crippen molar-refractivity contribution in [3.05, 3.63) is 0 Å². The smallest absolute Gasteiger partial charge is 0.236 e. The van der Waals surface area contributed by atoms with Crippen LogP contribution < -0.4 is 11.1 Å². The Hall–Kier alpha value is -0.260. The molecule has 88 valence electrons. The molecule has 0 aliphatic heterocycles. The Balaban J connectivity index is 2.07. The van der Waals surface area contributed by atoms with Gasteiger partial charge in [0.15, 0.2) is 0 Å². The van der Waals surface area contributed by atoms with Gasteiger partial charge in [-0.3, -0.25) is 4.79 Å². The van der Waals surface area contributed by atoms with Crippen LogP contribution in [0.4, 0.5) is 0 Å². The van der Waals surface area contributed by atoms with E-state index in [1.165, 1.54) is 0 Å². The number of rotatable bonds is 6. The molecule has 1 fully saturated rings. The van der Waals surface area contributed by atoms with Gasteiger partial charge in [-0.1, -0.05) is 0 Å². The van der Waals surface area contributed by atoms with E-state index in [4.69, 9.17) is 10.8 Å². The van der Waals surface area contributed by atoms with Gasteiger partial charge in [-0.2, -0.15) is 11.8 Å². The molecule has 1 aliphatic carbocycles. The average molecular weight is 232 g/mol. The van der Waals surface area contributed by atoms with Gasteiger partial charge in [-0.05, 0) is 37.2 Å². The number of carbonyl (C=O) groups excluding carboxylic acids is 1. The molecule has 0 radical (unpaired) electrons. The van der Waals surface area contributed by atoms with Gasteiger partial charge in [0.25, 0.3) is 0 Å². The van der Waals surface area contributed by atoms with Crippen LogP contribution in [0.3, 0.4) is 0 Å². The lowest BCUT2D eigenvalue weighted by molar-refractivity contribution is -0.123. The fraction of sp³-hybridized carbons (Fsp3) is 0.900. The van der Waals surface area contributed by atoms with E-state index >= 15 is 0 Å². The lowest BCUT2D eigenvalue weighted by atomic mass is 9.82. The summed E-state index contributed by atoms with van der Waals surface area (Å²) in [5.41, 5.74) is 5.70. The molecular weight excluding hydrogens is 212 g/mol. The summed E-state index contributed by atoms with van der Waals surface area (Å²) in [4.78, 5) is 11.5. The minimum absolute atomic E-state index is 0.0644. The molecular formula is C10H20N2O2S. The molecule has 1 amide bonds. The summed E-state index contributed by atoms with van der Waals surface area (Å²) in [5.74, 6) is 1.29. The van der Waals surface area contributed by atoms with Crippen molar-refractivity contribution in [2.24, 2.45) is 11.7 Å². The van der Waals surface area contributed by atoms with Crippen molar-refractivity contribution in [2.45, 2.75) is 31.4 Å². The summed E-state index contributed by atoms with van der Waals surface area (Å²) < 4.78 is 0. The number of hydrogen-bond donors (Lipinski definition) is 3. The maximum absolute atomic E-state index is 11.5. The third-order valence-electron chi connectivity index (χ3n) is 2.75. The molecule has 0 unspecified atom stereocenters. The van der Waals surface area contributed by atoms with E-state index in [0.29, 0.717) is 12.5 Å². The van der Waals surface area contributed by atoms with E-state index in [1.54, 1.807) is 11.8 Å². The van der Waals surface area contributed by atoms with E-state index in [1.807, 2.05) is 6.26 Å². The quantitative estimate of drug-likeness (QED) is 0.600. The largest absolute Gasteiger partial charge is 0.393 e. The van der Waals surface area contributed by atoms with Crippen LogP contribution in [0.25, 0.3) is 0 Å². The van der Waals surface area contributed by atoms with Gasteiger partial charge in [0.2, 0.25) is 5.91 Å². The third-order valence-corrected chi connectivity index (χ3v) is 3.39. The SMILES string of the molecule is CSCC[C@H](N)C(=O)NCC1CC(O)C1. The second-order valence-corrected chi connectivity index (χ2v) is 5.11. The van der Waals surface area contributed by atoms with Crippen LogP contribution >= 0.6 is 11.8 Å². The summed E-state index contributed by atoms with van der Waals surface area (Å²) in [6, 6.07) is -0.387. The van der Waals surface area contributed by atoms with E-state index in [0.717, 1.165) is 25.0 Å². The lowest BCUT2D eigenvalue weighted by Gasteiger charge is -2.31. The normalized spacial score (nSPS) is 26.9. The molecule has 1 aliphatic rings. The van der Waals surface area contributed by atoms with Crippen LogP contribution in [-0.4, -0.2) is 41.7 Å². The molecule has 5 heteroatoms. The molecule has 0 spiro atoms. The fourth-order valence-electron chi connectivity index (χ4n) is 1.62. The van der Waals surface area contributed by atoms with Crippen LogP contribution in [0.15, 0.2) is 0 Å². The highest BCUT2D eigenvalue weighted by atomic mass is 32.2. The fourth-order valence-corrected chi connectivity index (χ4v) is 2.11. The average Bonchev–Trinajstić information content (AvgIpc) is 2.18. The zero-order valence-electron chi connectivity index (χ0n) is 9.11. The highest BCUT2D eigenvalue weighted by Crippen LogP contribution is 2.25. The highest BCUT2D eigenvalue weighted by Gasteiger charge is 2.27. The Morgan fingerprint density at radius 1 is 1.67 bits per heavy atom. The minimum atomic E-state index is -0.387. The third kappa shape index (κ3) is 4.40. The topological polar surface area (TPSA) is 75.4 Å². The zero-order valence-corrected chi connectivity index (χ0v) is 9.93. The van der Waals surface area contributed by atoms with Crippen LogP contribution in [0, 0.1) is 5.92 Å². The maximum Gasteiger partial charge on any atom is 0.236 e. The van der Waals surface area contributed by atoms with Crippen LogP contribution in [0.2, 0.25) is 0 Å². The Bertz CT molecular complexity index is 208. The molecule has 15 heavy (non-hydrogen) atoms. The second-order valence-electron chi connectivity index (χ2n) is 4.12. The Morgan fingerprint density at radius 3 is 2.87 bits per heavy atom. The van der Waals surface area contributed by atoms with Gasteiger partial charge in [-0.15, -0.1) is 0 Å². The monoisotopic (exact) mass is 232 g/mol. The van der Waals surface area contributed by atoms with Gasteiger partial charge in [-0.25, -0.2) is 0 Å². The first-order chi connectivity index (χ1) is 7.13. The summed E-state index contributed by atoms with van der Waals surface area (Å²) in [6.45, 7) is 0.656. The Labute approximate surface area is 95.0 Å². The van der Waals surface area contributed by atoms with E-state index in [2.05, 4.69) is 5.32 Å². The van der Waals surface area contributed by atoms with Crippen molar-refractivity contribution < 1.29 is 9.90 Å². The predicted octanol–water partition coefficient (Wildman–Crippen LogP) is -0.0461. The van der Waals surface area contributed by atoms with Gasteiger partial charge in [0, 0.05) is 6.54 Å². The molecule has 0 saturated heterocycles. The lowest BCUT2D eigenvalue weighted by Crippen LogP contribution is -2.45. The van der Waals surface area contributed by atoms with Crippen molar-refractivity contribution in [1.29, 1.82) is 0 Å². The Morgan fingerprint density at radius 2 is 2.33 bits per heavy atom. The number of hydrogen-bond acceptors (Lipinski definition) is 4. The van der Waals surface area contributed by atoms with Crippen LogP contribution in [0.1, 0.15) is 19.3 Å². The molecule has 0 aromatic rings. The molecule has 0 aromatic carbocycles. The number of amides is 1. The first-order valence-corrected chi connectivity index (χ1v) is 6.73. The van der Waals surface area contributed by atoms with E-state index in [-0.39, 0.29) is 18.1 Å². The number of nitrogens with one attached hydrogen (secondary N) is 1. The molecule has 0 bridgehead atoms. The zero-order chi connectivity index (χ0) is 11.3. The number of thioether (sulfide) groups is 1. The molecule has 4 nitrogen and oxygen atoms in total. The molecule has 4 N–H and O–H groups in total. The van der Waals surface area contributed by atoms with Crippen molar-refractivity contribution >= 4 is 17.7 Å². The number of aliphatic hydroxyl groups excluding tert-OH is 1. The summed E-state index contributed by atoms with van der Waals surface area (Å²) in [7, 11) is 0. The van der Waals surface area contributed by atoms with Gasteiger partial charge in [0.05, 0.1) is 12.1 Å². The standard InChI is InChI=1S/C10H20N2O2S/c1-15-3-2-9(11)10(14)12-6-7-4-8(13)5-7/h7-9,13H,2-6,11H2,1H3,(H,12,14)/t7?,8?,9-/m0/s1. The molecule has 0 aromatic heterocycles. The Kier molecular flexibility index (Phi) is 5.42. The van der Waals surface area contributed by atoms with Crippen LogP contribution in [-0.2, 0) is 4.79 Å². The number of nitrogens with two attached hydrogens (primary N) is 1. The summed E-state index contributed by atoms with van der Waals surface area (Å²) in [5, 5.41) is 11.9. The summed E-state index contributed by atoms with van der Waals surface area (Å²) >= 11 is 1.69. The number of carbonyl (C=O) groups is 1. The van der Waals surface area contributed by atoms with Crippen molar-refractivity contribution in [3.8, 4) is 0 Å². The molecule has 1 rings (SSSR count). The first-order valence-electron chi connectivity index (χ1n) is 5.33. The highest BCUT2D eigenvalue weighted by molar-refractivity contribution is 7.98. The van der Waals surface area contributed by atoms with Gasteiger partial charge in [0.1, 0.15) is 0 Å². The predicted molar refractivity (Wildman–Crippen MR) is 62.7 cm³/mol. The van der Waals surface area contributed by atoms with E-state index < -0.39 is 0 Å². The molecule has 0 heterocycles. The maximum atomic E-state index is 11.5. The van der Waals surface area contributed by atoms with Gasteiger partial charge >= 0.3 is 0 Å². The summed E-state index contributed by atoms with van der Waals surface area (Å²) in [6.07, 6.45) is 4.18. The van der Waals surface area contributed by atoms with Crippen molar-refractivity contribution in [3.63, 3.8) is 0 Å².